The zero-order chi connectivity index (χ0) is 20.1. The molecular formula is C22H24N4O2S. The highest BCUT2D eigenvalue weighted by atomic mass is 32.1. The van der Waals surface area contributed by atoms with Crippen molar-refractivity contribution in [3.05, 3.63) is 53.4 Å². The van der Waals surface area contributed by atoms with E-state index < -0.39 is 0 Å². The van der Waals surface area contributed by atoms with E-state index >= 15 is 0 Å². The number of piperidine rings is 1. The van der Waals surface area contributed by atoms with Crippen molar-refractivity contribution >= 4 is 27.5 Å². The summed E-state index contributed by atoms with van der Waals surface area (Å²) < 4.78 is 6.61. The number of aromatic nitrogens is 1. The predicted octanol–water partition coefficient (Wildman–Crippen LogP) is 4.01. The van der Waals surface area contributed by atoms with Crippen molar-refractivity contribution in [1.29, 1.82) is 5.26 Å². The number of furan rings is 1. The number of likely N-dealkylation sites (tertiary alicyclic amines) is 1. The van der Waals surface area contributed by atoms with Gasteiger partial charge in [0.25, 0.3) is 0 Å². The molecule has 1 fully saturated rings. The summed E-state index contributed by atoms with van der Waals surface area (Å²) in [5.41, 5.74) is 1.06. The number of para-hydroxylation sites is 1. The number of carbonyl (C=O) groups excluding carboxylic acids is 1. The lowest BCUT2D eigenvalue weighted by molar-refractivity contribution is -0.133. The first-order valence-corrected chi connectivity index (χ1v) is 10.8. The molecule has 0 N–H and O–H groups in total. The van der Waals surface area contributed by atoms with Gasteiger partial charge in [-0.2, -0.15) is 5.26 Å². The van der Waals surface area contributed by atoms with Crippen LogP contribution < -0.4 is 0 Å². The molecule has 1 aliphatic rings. The Hall–Kier alpha value is -2.69. The number of nitriles is 1. The van der Waals surface area contributed by atoms with Crippen molar-refractivity contribution in [2.45, 2.75) is 31.7 Å². The van der Waals surface area contributed by atoms with E-state index in [0.29, 0.717) is 32.0 Å². The Bertz CT molecular complexity index is 959. The number of carbonyl (C=O) groups is 1. The molecule has 1 saturated heterocycles. The predicted molar refractivity (Wildman–Crippen MR) is 112 cm³/mol. The molecule has 0 spiro atoms. The van der Waals surface area contributed by atoms with Gasteiger partial charge in [0, 0.05) is 19.0 Å². The summed E-state index contributed by atoms with van der Waals surface area (Å²) in [5.74, 6) is 1.15. The van der Waals surface area contributed by atoms with Crippen molar-refractivity contribution in [2.24, 2.45) is 0 Å². The van der Waals surface area contributed by atoms with Crippen molar-refractivity contribution in [3.63, 3.8) is 0 Å². The topological polar surface area (TPSA) is 73.4 Å². The molecule has 4 rings (SSSR count). The van der Waals surface area contributed by atoms with E-state index in [2.05, 4.69) is 23.1 Å². The summed E-state index contributed by atoms with van der Waals surface area (Å²) in [4.78, 5) is 21.7. The van der Waals surface area contributed by atoms with Gasteiger partial charge in [-0.15, -0.1) is 11.3 Å². The van der Waals surface area contributed by atoms with Crippen molar-refractivity contribution in [1.82, 2.24) is 14.8 Å². The van der Waals surface area contributed by atoms with Crippen LogP contribution in [0.4, 0.5) is 0 Å². The maximum absolute atomic E-state index is 12.9. The van der Waals surface area contributed by atoms with Crippen LogP contribution in [0.25, 0.3) is 10.2 Å². The standard InChI is InChI=1S/C22H24N4O2S/c23-10-5-12-26(15-18-7-4-13-28-18)21(27)16-25-11-3-6-17(14-25)22-24-19-8-1-2-9-20(19)29-22/h1-2,4,7-9,13,17H,3,5-6,11-12,14-16H2/t17-/m0/s1. The molecule has 0 radical (unpaired) electrons. The summed E-state index contributed by atoms with van der Waals surface area (Å²) in [6, 6.07) is 14.0. The lowest BCUT2D eigenvalue weighted by atomic mass is 9.98. The van der Waals surface area contributed by atoms with Gasteiger partial charge in [0.1, 0.15) is 5.76 Å². The molecule has 1 amide bonds. The molecule has 0 unspecified atom stereocenters. The first-order valence-electron chi connectivity index (χ1n) is 9.98. The van der Waals surface area contributed by atoms with Gasteiger partial charge >= 0.3 is 0 Å². The molecule has 7 heteroatoms. The second-order valence-electron chi connectivity index (χ2n) is 7.40. The van der Waals surface area contributed by atoms with Crippen LogP contribution in [0, 0.1) is 11.3 Å². The van der Waals surface area contributed by atoms with Crippen LogP contribution in [-0.2, 0) is 11.3 Å². The highest BCUT2D eigenvalue weighted by molar-refractivity contribution is 7.18. The summed E-state index contributed by atoms with van der Waals surface area (Å²) in [7, 11) is 0. The maximum atomic E-state index is 12.9. The molecule has 3 aromatic rings. The van der Waals surface area contributed by atoms with Gasteiger partial charge in [-0.25, -0.2) is 4.98 Å². The van der Waals surface area contributed by atoms with E-state index in [1.165, 1.54) is 9.71 Å². The molecule has 0 saturated carbocycles. The Balaban J connectivity index is 1.40. The van der Waals surface area contributed by atoms with E-state index in [-0.39, 0.29) is 5.91 Å². The Morgan fingerprint density at radius 3 is 3.03 bits per heavy atom. The molecular weight excluding hydrogens is 384 g/mol. The van der Waals surface area contributed by atoms with Crippen molar-refractivity contribution in [3.8, 4) is 6.07 Å². The smallest absolute Gasteiger partial charge is 0.237 e. The average molecular weight is 409 g/mol. The molecule has 1 aliphatic heterocycles. The Morgan fingerprint density at radius 2 is 2.24 bits per heavy atom. The van der Waals surface area contributed by atoms with Crippen LogP contribution in [0.1, 0.15) is 35.9 Å². The number of amides is 1. The second kappa shape index (κ2) is 9.21. The van der Waals surface area contributed by atoms with E-state index in [1.807, 2.05) is 24.3 Å². The number of nitrogens with zero attached hydrogens (tertiary/aromatic N) is 4. The van der Waals surface area contributed by atoms with Gasteiger partial charge in [-0.3, -0.25) is 9.69 Å². The van der Waals surface area contributed by atoms with Crippen LogP contribution in [0.5, 0.6) is 0 Å². The first-order chi connectivity index (χ1) is 14.2. The lowest BCUT2D eigenvalue weighted by Gasteiger charge is -2.32. The van der Waals surface area contributed by atoms with E-state index in [1.54, 1.807) is 22.5 Å². The van der Waals surface area contributed by atoms with E-state index in [9.17, 15) is 4.79 Å². The number of benzene rings is 1. The van der Waals surface area contributed by atoms with E-state index in [4.69, 9.17) is 14.7 Å². The molecule has 1 aromatic carbocycles. The third-order valence-corrected chi connectivity index (χ3v) is 6.50. The minimum absolute atomic E-state index is 0.0431. The molecule has 150 valence electrons. The van der Waals surface area contributed by atoms with Crippen molar-refractivity contribution < 1.29 is 9.21 Å². The third kappa shape index (κ3) is 4.84. The zero-order valence-corrected chi connectivity index (χ0v) is 17.1. The van der Waals surface area contributed by atoms with Gasteiger partial charge in [0.05, 0.1) is 47.1 Å². The highest BCUT2D eigenvalue weighted by Crippen LogP contribution is 2.32. The largest absolute Gasteiger partial charge is 0.467 e. The van der Waals surface area contributed by atoms with Gasteiger partial charge in [-0.05, 0) is 43.7 Å². The summed E-state index contributed by atoms with van der Waals surface area (Å²) in [6.07, 6.45) is 4.09. The number of hydrogen-bond donors (Lipinski definition) is 0. The van der Waals surface area contributed by atoms with E-state index in [0.717, 1.165) is 37.2 Å². The van der Waals surface area contributed by atoms with Gasteiger partial charge < -0.3 is 9.32 Å². The Kier molecular flexibility index (Phi) is 6.23. The molecule has 6 nitrogen and oxygen atoms in total. The highest BCUT2D eigenvalue weighted by Gasteiger charge is 2.27. The van der Waals surface area contributed by atoms with Crippen LogP contribution in [-0.4, -0.2) is 46.9 Å². The summed E-state index contributed by atoms with van der Waals surface area (Å²) >= 11 is 1.76. The fourth-order valence-electron chi connectivity index (χ4n) is 3.82. The number of fused-ring (bicyclic) bond motifs is 1. The SMILES string of the molecule is N#CCCN(Cc1ccco1)C(=O)CN1CCC[C@H](c2nc3ccccc3s2)C1. The third-order valence-electron chi connectivity index (χ3n) is 5.30. The Labute approximate surface area is 174 Å². The normalized spacial score (nSPS) is 17.3. The average Bonchev–Trinajstić information content (AvgIpc) is 3.40. The van der Waals surface area contributed by atoms with Crippen LogP contribution >= 0.6 is 11.3 Å². The first kappa shape index (κ1) is 19.6. The fourth-order valence-corrected chi connectivity index (χ4v) is 4.92. The quantitative estimate of drug-likeness (QED) is 0.591. The molecule has 3 heterocycles. The lowest BCUT2D eigenvalue weighted by Crippen LogP contribution is -2.43. The zero-order valence-electron chi connectivity index (χ0n) is 16.3. The minimum atomic E-state index is 0.0431. The monoisotopic (exact) mass is 408 g/mol. The maximum Gasteiger partial charge on any atom is 0.237 e. The Morgan fingerprint density at radius 1 is 1.34 bits per heavy atom. The number of rotatable bonds is 7. The van der Waals surface area contributed by atoms with Gasteiger partial charge in [0.2, 0.25) is 5.91 Å². The minimum Gasteiger partial charge on any atom is -0.467 e. The summed E-state index contributed by atoms with van der Waals surface area (Å²) in [6.45, 7) is 2.96. The molecule has 0 bridgehead atoms. The van der Waals surface area contributed by atoms with Crippen LogP contribution in [0.2, 0.25) is 0 Å². The number of hydrogen-bond acceptors (Lipinski definition) is 6. The molecule has 0 aliphatic carbocycles. The summed E-state index contributed by atoms with van der Waals surface area (Å²) in [5, 5.41) is 10.1. The molecule has 2 aromatic heterocycles. The van der Waals surface area contributed by atoms with Crippen molar-refractivity contribution in [2.75, 3.05) is 26.2 Å². The van der Waals surface area contributed by atoms with Gasteiger partial charge in [-0.1, -0.05) is 12.1 Å². The second-order valence-corrected chi connectivity index (χ2v) is 8.46. The fraction of sp³-hybridized carbons (Fsp3) is 0.409. The molecule has 1 atom stereocenters. The van der Waals surface area contributed by atoms with Crippen LogP contribution in [0.15, 0.2) is 47.1 Å². The van der Waals surface area contributed by atoms with Gasteiger partial charge in [0.15, 0.2) is 0 Å². The number of thiazole rings is 1. The molecule has 29 heavy (non-hydrogen) atoms. The van der Waals surface area contributed by atoms with Crippen LogP contribution in [0.3, 0.4) is 0 Å².